The Hall–Kier alpha value is -2.31. The van der Waals surface area contributed by atoms with Gasteiger partial charge in [-0.15, -0.1) is 0 Å². The van der Waals surface area contributed by atoms with E-state index in [1.54, 1.807) is 12.3 Å². The van der Waals surface area contributed by atoms with E-state index < -0.39 is 0 Å². The first-order valence-electron chi connectivity index (χ1n) is 10.1. The Morgan fingerprint density at radius 1 is 1.27 bits per heavy atom. The zero-order chi connectivity index (χ0) is 21.7. The summed E-state index contributed by atoms with van der Waals surface area (Å²) in [5, 5.41) is 4.74. The fourth-order valence-electron chi connectivity index (χ4n) is 3.12. The molecule has 0 aliphatic rings. The highest BCUT2D eigenvalue weighted by molar-refractivity contribution is 6.38. The van der Waals surface area contributed by atoms with Gasteiger partial charge in [0.15, 0.2) is 0 Å². The number of furan rings is 1. The number of hydrogen-bond donors (Lipinski definition) is 1. The summed E-state index contributed by atoms with van der Waals surface area (Å²) in [6.45, 7) is 6.95. The van der Waals surface area contributed by atoms with Crippen molar-refractivity contribution in [2.45, 2.75) is 52.6 Å². The van der Waals surface area contributed by atoms with Crippen LogP contribution in [0.25, 0.3) is 10.9 Å². The van der Waals surface area contributed by atoms with Gasteiger partial charge in [0.05, 0.1) is 23.3 Å². The second-order valence-electron chi connectivity index (χ2n) is 7.23. The molecule has 3 rings (SSSR count). The minimum absolute atomic E-state index is 0.000985. The summed E-state index contributed by atoms with van der Waals surface area (Å²) < 4.78 is 5.55. The van der Waals surface area contributed by atoms with Crippen molar-refractivity contribution in [1.82, 2.24) is 15.3 Å². The zero-order valence-electron chi connectivity index (χ0n) is 17.4. The maximum absolute atomic E-state index is 12.4. The molecule has 0 radical (unpaired) electrons. The minimum atomic E-state index is -0.000985. The van der Waals surface area contributed by atoms with Gasteiger partial charge in [-0.1, -0.05) is 37.0 Å². The molecule has 0 spiro atoms. The largest absolute Gasteiger partial charge is 0.467 e. The molecule has 2 aromatic heterocycles. The number of rotatable bonds is 9. The van der Waals surface area contributed by atoms with Gasteiger partial charge >= 0.3 is 0 Å². The lowest BCUT2D eigenvalue weighted by Gasteiger charge is -2.25. The van der Waals surface area contributed by atoms with Crippen LogP contribution >= 0.6 is 23.2 Å². The van der Waals surface area contributed by atoms with Crippen molar-refractivity contribution in [1.29, 1.82) is 0 Å². The number of nitrogens with zero attached hydrogens (tertiary/aromatic N) is 3. The molecule has 0 fully saturated rings. The van der Waals surface area contributed by atoms with E-state index in [9.17, 15) is 4.79 Å². The van der Waals surface area contributed by atoms with Crippen molar-refractivity contribution in [3.8, 4) is 0 Å². The number of anilines is 1. The van der Waals surface area contributed by atoms with Gasteiger partial charge in [-0.25, -0.2) is 9.97 Å². The Kier molecular flexibility index (Phi) is 7.56. The Morgan fingerprint density at radius 2 is 2.07 bits per heavy atom. The highest BCUT2D eigenvalue weighted by atomic mass is 35.5. The van der Waals surface area contributed by atoms with Crippen molar-refractivity contribution in [2.75, 3.05) is 11.4 Å². The van der Waals surface area contributed by atoms with E-state index in [1.807, 2.05) is 43.9 Å². The fourth-order valence-corrected chi connectivity index (χ4v) is 3.66. The molecule has 0 saturated carbocycles. The molecule has 0 bridgehead atoms. The Bertz CT molecular complexity index is 1010. The van der Waals surface area contributed by atoms with Gasteiger partial charge in [0.25, 0.3) is 0 Å². The Labute approximate surface area is 186 Å². The lowest BCUT2D eigenvalue weighted by atomic mass is 10.2. The van der Waals surface area contributed by atoms with Crippen LogP contribution in [0.15, 0.2) is 34.9 Å². The number of amides is 1. The first-order chi connectivity index (χ1) is 14.4. The highest BCUT2D eigenvalue weighted by Crippen LogP contribution is 2.33. The maximum atomic E-state index is 12.4. The van der Waals surface area contributed by atoms with E-state index in [1.165, 1.54) is 0 Å². The summed E-state index contributed by atoms with van der Waals surface area (Å²) in [4.78, 5) is 23.8. The summed E-state index contributed by atoms with van der Waals surface area (Å²) in [6.07, 6.45) is 3.50. The van der Waals surface area contributed by atoms with Gasteiger partial charge in [-0.05, 0) is 37.6 Å². The molecule has 8 heteroatoms. The monoisotopic (exact) mass is 448 g/mol. The number of halogens is 2. The van der Waals surface area contributed by atoms with Gasteiger partial charge in [0.2, 0.25) is 5.91 Å². The Morgan fingerprint density at radius 3 is 2.73 bits per heavy atom. The van der Waals surface area contributed by atoms with Crippen LogP contribution in [0, 0.1) is 0 Å². The molecular weight excluding hydrogens is 423 g/mol. The number of carbonyl (C=O) groups excluding carboxylic acids is 1. The van der Waals surface area contributed by atoms with Crippen molar-refractivity contribution >= 4 is 45.8 Å². The van der Waals surface area contributed by atoms with Gasteiger partial charge in [-0.2, -0.15) is 0 Å². The van der Waals surface area contributed by atoms with Crippen LogP contribution in [0.2, 0.25) is 10.0 Å². The molecule has 3 aromatic rings. The van der Waals surface area contributed by atoms with Gasteiger partial charge in [0.1, 0.15) is 17.4 Å². The van der Waals surface area contributed by atoms with E-state index >= 15 is 0 Å². The molecule has 2 heterocycles. The van der Waals surface area contributed by atoms with Gasteiger partial charge < -0.3 is 14.6 Å². The molecule has 1 amide bonds. The van der Waals surface area contributed by atoms with Crippen molar-refractivity contribution < 1.29 is 9.21 Å². The topological polar surface area (TPSA) is 71.3 Å². The van der Waals surface area contributed by atoms with Gasteiger partial charge in [0, 0.05) is 35.8 Å². The lowest BCUT2D eigenvalue weighted by molar-refractivity contribution is -0.121. The number of hydrogen-bond acceptors (Lipinski definition) is 5. The lowest BCUT2D eigenvalue weighted by Crippen LogP contribution is -2.35. The number of benzene rings is 1. The van der Waals surface area contributed by atoms with Crippen LogP contribution in [0.5, 0.6) is 0 Å². The summed E-state index contributed by atoms with van der Waals surface area (Å²) >= 11 is 12.7. The average molecular weight is 449 g/mol. The summed E-state index contributed by atoms with van der Waals surface area (Å²) in [5.41, 5.74) is 0.649. The molecule has 6 nitrogen and oxygen atoms in total. The summed E-state index contributed by atoms with van der Waals surface area (Å²) in [5.74, 6) is 2.14. The number of carbonyl (C=O) groups is 1. The van der Waals surface area contributed by atoms with Crippen LogP contribution in [0.1, 0.15) is 45.2 Å². The van der Waals surface area contributed by atoms with Crippen LogP contribution in [0.3, 0.4) is 0 Å². The van der Waals surface area contributed by atoms with E-state index in [4.69, 9.17) is 32.6 Å². The molecule has 1 unspecified atom stereocenters. The number of nitrogens with one attached hydrogen (secondary N) is 1. The Balaban J connectivity index is 1.99. The number of aryl methyl sites for hydroxylation is 1. The van der Waals surface area contributed by atoms with Crippen LogP contribution in [-0.4, -0.2) is 28.5 Å². The minimum Gasteiger partial charge on any atom is -0.467 e. The molecule has 1 aromatic carbocycles. The average Bonchev–Trinajstić information content (AvgIpc) is 3.23. The van der Waals surface area contributed by atoms with E-state index in [-0.39, 0.29) is 11.9 Å². The molecule has 1 N–H and O–H groups in total. The second kappa shape index (κ2) is 10.1. The quantitative estimate of drug-likeness (QED) is 0.474. The first-order valence-corrected chi connectivity index (χ1v) is 10.9. The third-order valence-corrected chi connectivity index (χ3v) is 5.42. The van der Waals surface area contributed by atoms with Crippen molar-refractivity contribution in [3.63, 3.8) is 0 Å². The predicted molar refractivity (Wildman–Crippen MR) is 121 cm³/mol. The summed E-state index contributed by atoms with van der Waals surface area (Å²) in [7, 11) is 0. The molecule has 30 heavy (non-hydrogen) atoms. The van der Waals surface area contributed by atoms with Crippen LogP contribution in [0.4, 0.5) is 5.82 Å². The standard InChI is InChI=1S/C22H26Cl2N4O2/c1-4-14(3)25-20(29)8-9-28(13-16-7-6-10-30-16)22-17-11-15(23)12-18(24)21(17)26-19(5-2)27-22/h6-7,10-12,14H,4-5,8-9,13H2,1-3H3,(H,25,29). The molecule has 0 saturated heterocycles. The third kappa shape index (κ3) is 5.43. The first kappa shape index (κ1) is 22.4. The van der Waals surface area contributed by atoms with Crippen molar-refractivity contribution in [3.05, 3.63) is 52.2 Å². The smallest absolute Gasteiger partial charge is 0.221 e. The molecular formula is C22H26Cl2N4O2. The normalized spacial score (nSPS) is 12.2. The van der Waals surface area contributed by atoms with E-state index in [0.717, 1.165) is 17.6 Å². The maximum Gasteiger partial charge on any atom is 0.221 e. The van der Waals surface area contributed by atoms with E-state index in [2.05, 4.69) is 10.3 Å². The second-order valence-corrected chi connectivity index (χ2v) is 8.07. The number of aromatic nitrogens is 2. The fraction of sp³-hybridized carbons (Fsp3) is 0.409. The van der Waals surface area contributed by atoms with Gasteiger partial charge in [-0.3, -0.25) is 4.79 Å². The molecule has 160 valence electrons. The van der Waals surface area contributed by atoms with Crippen LogP contribution in [-0.2, 0) is 17.8 Å². The SMILES string of the molecule is CCc1nc(N(CCC(=O)NC(C)CC)Cc2ccco2)c2cc(Cl)cc(Cl)c2n1. The molecule has 0 aliphatic carbocycles. The predicted octanol–water partition coefficient (Wildman–Crippen LogP) is 5.40. The zero-order valence-corrected chi connectivity index (χ0v) is 18.9. The highest BCUT2D eigenvalue weighted by Gasteiger charge is 2.19. The third-order valence-electron chi connectivity index (χ3n) is 4.92. The van der Waals surface area contributed by atoms with E-state index in [0.29, 0.717) is 53.1 Å². The number of fused-ring (bicyclic) bond motifs is 1. The molecule has 1 atom stereocenters. The van der Waals surface area contributed by atoms with Crippen molar-refractivity contribution in [2.24, 2.45) is 0 Å². The van der Waals surface area contributed by atoms with Crippen LogP contribution < -0.4 is 10.2 Å². The summed E-state index contributed by atoms with van der Waals surface area (Å²) in [6, 6.07) is 7.37. The molecule has 0 aliphatic heterocycles.